The Labute approximate surface area is 140 Å². The second-order valence-electron chi connectivity index (χ2n) is 6.17. The van der Waals surface area contributed by atoms with Gasteiger partial charge in [-0.3, -0.25) is 4.79 Å². The molecule has 1 aromatic carbocycles. The van der Waals surface area contributed by atoms with Crippen LogP contribution < -0.4 is 5.32 Å². The van der Waals surface area contributed by atoms with E-state index in [1.165, 1.54) is 12.1 Å². The molecule has 2 heterocycles. The molecule has 3 rings (SSSR count). The number of carbonyl (C=O) groups is 1. The number of nitrogens with one attached hydrogen (secondary N) is 1. The maximum Gasteiger partial charge on any atom is 0.275 e. The number of piperidine rings is 1. The van der Waals surface area contributed by atoms with Crippen molar-refractivity contribution in [2.24, 2.45) is 0 Å². The van der Waals surface area contributed by atoms with Crippen LogP contribution in [-0.4, -0.2) is 52.5 Å². The van der Waals surface area contributed by atoms with Crippen molar-refractivity contribution in [1.82, 2.24) is 25.2 Å². The standard InChI is InChI=1S/C17H22FN5O/c1-22(11-8-13-2-4-14(18)5-3-13)17(24)16-12-23(21-20-16)15-6-9-19-10-7-15/h2-5,12,15,19H,6-11H2,1H3. The summed E-state index contributed by atoms with van der Waals surface area (Å²) < 4.78 is 14.7. The van der Waals surface area contributed by atoms with Gasteiger partial charge in [0.1, 0.15) is 5.82 Å². The van der Waals surface area contributed by atoms with Crippen molar-refractivity contribution in [2.45, 2.75) is 25.3 Å². The van der Waals surface area contributed by atoms with Crippen molar-refractivity contribution in [2.75, 3.05) is 26.7 Å². The van der Waals surface area contributed by atoms with E-state index in [2.05, 4.69) is 15.6 Å². The highest BCUT2D eigenvalue weighted by Gasteiger charge is 2.20. The fourth-order valence-electron chi connectivity index (χ4n) is 2.87. The van der Waals surface area contributed by atoms with E-state index in [0.29, 0.717) is 24.7 Å². The second-order valence-corrected chi connectivity index (χ2v) is 6.17. The summed E-state index contributed by atoms with van der Waals surface area (Å²) in [6.07, 6.45) is 4.41. The monoisotopic (exact) mass is 331 g/mol. The number of carbonyl (C=O) groups excluding carboxylic acids is 1. The number of rotatable bonds is 5. The Morgan fingerprint density at radius 1 is 1.33 bits per heavy atom. The lowest BCUT2D eigenvalue weighted by Gasteiger charge is -2.22. The number of nitrogens with zero attached hydrogens (tertiary/aromatic N) is 4. The average molecular weight is 331 g/mol. The first kappa shape index (κ1) is 16.6. The molecule has 1 fully saturated rings. The third-order valence-corrected chi connectivity index (χ3v) is 4.41. The summed E-state index contributed by atoms with van der Waals surface area (Å²) in [7, 11) is 1.75. The number of aromatic nitrogens is 3. The summed E-state index contributed by atoms with van der Waals surface area (Å²) in [6.45, 7) is 2.47. The fourth-order valence-corrected chi connectivity index (χ4v) is 2.87. The van der Waals surface area contributed by atoms with Crippen LogP contribution in [-0.2, 0) is 6.42 Å². The molecule has 128 valence electrons. The van der Waals surface area contributed by atoms with Gasteiger partial charge in [-0.1, -0.05) is 17.3 Å². The third-order valence-electron chi connectivity index (χ3n) is 4.41. The average Bonchev–Trinajstić information content (AvgIpc) is 3.11. The maximum absolute atomic E-state index is 12.9. The Morgan fingerprint density at radius 2 is 2.04 bits per heavy atom. The van der Waals surface area contributed by atoms with E-state index >= 15 is 0 Å². The molecule has 1 amide bonds. The lowest BCUT2D eigenvalue weighted by Crippen LogP contribution is -2.30. The molecule has 0 radical (unpaired) electrons. The van der Waals surface area contributed by atoms with Crippen molar-refractivity contribution in [1.29, 1.82) is 0 Å². The Hall–Kier alpha value is -2.28. The summed E-state index contributed by atoms with van der Waals surface area (Å²) >= 11 is 0. The van der Waals surface area contributed by atoms with Gasteiger partial charge in [0.2, 0.25) is 0 Å². The lowest BCUT2D eigenvalue weighted by molar-refractivity contribution is 0.0790. The quantitative estimate of drug-likeness (QED) is 0.905. The maximum atomic E-state index is 12.9. The van der Waals surface area contributed by atoms with Gasteiger partial charge in [0, 0.05) is 13.6 Å². The van der Waals surface area contributed by atoms with E-state index < -0.39 is 0 Å². The zero-order valence-corrected chi connectivity index (χ0v) is 13.8. The Morgan fingerprint density at radius 3 is 2.75 bits per heavy atom. The SMILES string of the molecule is CN(CCc1ccc(F)cc1)C(=O)c1cn(C2CCNCC2)nn1. The van der Waals surface area contributed by atoms with Crippen LogP contribution in [0.3, 0.4) is 0 Å². The van der Waals surface area contributed by atoms with Gasteiger partial charge < -0.3 is 10.2 Å². The molecule has 1 aliphatic rings. The number of hydrogen-bond donors (Lipinski definition) is 1. The Balaban J connectivity index is 1.57. The normalized spacial score (nSPS) is 15.4. The topological polar surface area (TPSA) is 63.1 Å². The summed E-state index contributed by atoms with van der Waals surface area (Å²) in [5.74, 6) is -0.394. The van der Waals surface area contributed by atoms with E-state index in [1.807, 2.05) is 4.68 Å². The first-order valence-electron chi connectivity index (χ1n) is 8.26. The van der Waals surface area contributed by atoms with Gasteiger partial charge >= 0.3 is 0 Å². The summed E-state index contributed by atoms with van der Waals surface area (Å²) in [4.78, 5) is 14.1. The lowest BCUT2D eigenvalue weighted by atomic mass is 10.1. The van der Waals surface area contributed by atoms with Gasteiger partial charge in [-0.2, -0.15) is 0 Å². The summed E-state index contributed by atoms with van der Waals surface area (Å²) in [6, 6.07) is 6.65. The van der Waals surface area contributed by atoms with Crippen LogP contribution in [0.4, 0.5) is 4.39 Å². The van der Waals surface area contributed by atoms with E-state index in [1.54, 1.807) is 30.3 Å². The molecule has 1 saturated heterocycles. The van der Waals surface area contributed by atoms with Crippen molar-refractivity contribution in [3.8, 4) is 0 Å². The number of hydrogen-bond acceptors (Lipinski definition) is 4. The minimum Gasteiger partial charge on any atom is -0.340 e. The highest BCUT2D eigenvalue weighted by molar-refractivity contribution is 5.91. The van der Waals surface area contributed by atoms with Crippen LogP contribution in [0.2, 0.25) is 0 Å². The predicted molar refractivity (Wildman–Crippen MR) is 88.2 cm³/mol. The zero-order chi connectivity index (χ0) is 16.9. The molecule has 1 N–H and O–H groups in total. The van der Waals surface area contributed by atoms with Crippen molar-refractivity contribution in [3.63, 3.8) is 0 Å². The first-order chi connectivity index (χ1) is 11.6. The molecule has 2 aromatic rings. The van der Waals surface area contributed by atoms with E-state index in [9.17, 15) is 9.18 Å². The van der Waals surface area contributed by atoms with Crippen LogP contribution in [0.5, 0.6) is 0 Å². The van der Waals surface area contributed by atoms with Crippen molar-refractivity contribution < 1.29 is 9.18 Å². The van der Waals surface area contributed by atoms with Gasteiger partial charge in [-0.05, 0) is 50.0 Å². The minimum absolute atomic E-state index is 0.141. The predicted octanol–water partition coefficient (Wildman–Crippen LogP) is 1.66. The van der Waals surface area contributed by atoms with E-state index in [-0.39, 0.29) is 11.7 Å². The largest absolute Gasteiger partial charge is 0.340 e. The molecule has 1 aliphatic heterocycles. The molecule has 1 aromatic heterocycles. The van der Waals surface area contributed by atoms with Gasteiger partial charge in [-0.15, -0.1) is 5.10 Å². The van der Waals surface area contributed by atoms with Crippen molar-refractivity contribution >= 4 is 5.91 Å². The third kappa shape index (κ3) is 3.97. The smallest absolute Gasteiger partial charge is 0.275 e. The van der Waals surface area contributed by atoms with Crippen LogP contribution in [0.1, 0.15) is 34.9 Å². The summed E-state index contributed by atoms with van der Waals surface area (Å²) in [5.41, 5.74) is 1.37. The fraction of sp³-hybridized carbons (Fsp3) is 0.471. The van der Waals surface area contributed by atoms with Crippen LogP contribution in [0, 0.1) is 5.82 Å². The molecule has 7 heteroatoms. The molecular formula is C17H22FN5O. The Kier molecular flexibility index (Phi) is 5.20. The molecule has 0 spiro atoms. The van der Waals surface area contributed by atoms with Gasteiger partial charge in [-0.25, -0.2) is 9.07 Å². The molecule has 0 bridgehead atoms. The van der Waals surface area contributed by atoms with Crippen LogP contribution in [0.25, 0.3) is 0 Å². The van der Waals surface area contributed by atoms with Crippen LogP contribution in [0.15, 0.2) is 30.5 Å². The van der Waals surface area contributed by atoms with E-state index in [0.717, 1.165) is 31.5 Å². The number of benzene rings is 1. The first-order valence-corrected chi connectivity index (χ1v) is 8.26. The minimum atomic E-state index is -0.252. The number of amides is 1. The molecule has 0 saturated carbocycles. The van der Waals surface area contributed by atoms with Gasteiger partial charge in [0.15, 0.2) is 5.69 Å². The molecular weight excluding hydrogens is 309 g/mol. The molecule has 24 heavy (non-hydrogen) atoms. The van der Waals surface area contributed by atoms with Crippen LogP contribution >= 0.6 is 0 Å². The van der Waals surface area contributed by atoms with E-state index in [4.69, 9.17) is 0 Å². The number of halogens is 1. The highest BCUT2D eigenvalue weighted by Crippen LogP contribution is 2.17. The molecule has 6 nitrogen and oxygen atoms in total. The van der Waals surface area contributed by atoms with Gasteiger partial charge in [0.25, 0.3) is 5.91 Å². The zero-order valence-electron chi connectivity index (χ0n) is 13.8. The second kappa shape index (κ2) is 7.53. The molecule has 0 unspecified atom stereocenters. The Bertz CT molecular complexity index is 679. The summed E-state index contributed by atoms with van der Waals surface area (Å²) in [5, 5.41) is 11.5. The molecule has 0 aliphatic carbocycles. The van der Waals surface area contributed by atoms with Crippen molar-refractivity contribution in [3.05, 3.63) is 47.5 Å². The van der Waals surface area contributed by atoms with Gasteiger partial charge in [0.05, 0.1) is 12.2 Å². The molecule has 0 atom stereocenters. The highest BCUT2D eigenvalue weighted by atomic mass is 19.1. The number of likely N-dealkylation sites (N-methyl/N-ethyl adjacent to an activating group) is 1.